The number of carbonyl (C=O) groups is 1. The van der Waals surface area contributed by atoms with Crippen molar-refractivity contribution in [2.75, 3.05) is 10.8 Å². The molecule has 1 atom stereocenters. The standard InChI is InChI=1S/C11H11ClN2O3/c1-7-4-8-5-9(14(16)17)2-3-10(8)13(7)11(15)6-12/h2-3,5,7H,4,6H2,1H3. The zero-order valence-corrected chi connectivity index (χ0v) is 9.98. The molecule has 0 saturated heterocycles. The number of fused-ring (bicyclic) bond motifs is 1. The fourth-order valence-electron chi connectivity index (χ4n) is 2.18. The minimum atomic E-state index is -0.434. The maximum absolute atomic E-state index is 11.7. The van der Waals surface area contributed by atoms with Gasteiger partial charge in [-0.15, -0.1) is 11.6 Å². The summed E-state index contributed by atoms with van der Waals surface area (Å²) in [5, 5.41) is 10.7. The van der Waals surface area contributed by atoms with Crippen molar-refractivity contribution in [3.63, 3.8) is 0 Å². The van der Waals surface area contributed by atoms with Crippen molar-refractivity contribution >= 4 is 28.9 Å². The second kappa shape index (κ2) is 4.33. The highest BCUT2D eigenvalue weighted by Gasteiger charge is 2.31. The van der Waals surface area contributed by atoms with Crippen molar-refractivity contribution in [2.45, 2.75) is 19.4 Å². The Balaban J connectivity index is 2.42. The number of non-ortho nitro benzene ring substituents is 1. The van der Waals surface area contributed by atoms with Crippen LogP contribution in [0.3, 0.4) is 0 Å². The predicted molar refractivity (Wildman–Crippen MR) is 64.5 cm³/mol. The van der Waals surface area contributed by atoms with Gasteiger partial charge in [0.15, 0.2) is 0 Å². The molecule has 1 aromatic carbocycles. The molecule has 1 aliphatic rings. The van der Waals surface area contributed by atoms with Crippen LogP contribution in [0.15, 0.2) is 18.2 Å². The Morgan fingerprint density at radius 1 is 1.65 bits per heavy atom. The normalized spacial score (nSPS) is 18.0. The third-order valence-electron chi connectivity index (χ3n) is 2.87. The Hall–Kier alpha value is -1.62. The third-order valence-corrected chi connectivity index (χ3v) is 3.10. The summed E-state index contributed by atoms with van der Waals surface area (Å²) in [6, 6.07) is 4.54. The molecule has 0 spiro atoms. The zero-order chi connectivity index (χ0) is 12.6. The van der Waals surface area contributed by atoms with E-state index in [1.165, 1.54) is 12.1 Å². The van der Waals surface area contributed by atoms with Crippen LogP contribution in [0.25, 0.3) is 0 Å². The lowest BCUT2D eigenvalue weighted by atomic mass is 10.1. The number of halogens is 1. The lowest BCUT2D eigenvalue weighted by molar-refractivity contribution is -0.384. The van der Waals surface area contributed by atoms with Crippen LogP contribution < -0.4 is 4.90 Å². The summed E-state index contributed by atoms with van der Waals surface area (Å²) in [6.07, 6.45) is 0.625. The van der Waals surface area contributed by atoms with Gasteiger partial charge >= 0.3 is 0 Å². The van der Waals surface area contributed by atoms with Crippen LogP contribution in [-0.4, -0.2) is 22.8 Å². The fraction of sp³-hybridized carbons (Fsp3) is 0.364. The first kappa shape index (κ1) is 11.9. The molecule has 1 unspecified atom stereocenters. The van der Waals surface area contributed by atoms with Crippen molar-refractivity contribution in [1.29, 1.82) is 0 Å². The number of benzene rings is 1. The van der Waals surface area contributed by atoms with E-state index in [0.717, 1.165) is 11.3 Å². The van der Waals surface area contributed by atoms with Gasteiger partial charge in [-0.25, -0.2) is 0 Å². The number of nitro benzene ring substituents is 1. The van der Waals surface area contributed by atoms with E-state index < -0.39 is 4.92 Å². The number of nitro groups is 1. The quantitative estimate of drug-likeness (QED) is 0.461. The van der Waals surface area contributed by atoms with Crippen LogP contribution in [-0.2, 0) is 11.2 Å². The molecular weight excluding hydrogens is 244 g/mol. The average molecular weight is 255 g/mol. The Bertz CT molecular complexity index is 490. The largest absolute Gasteiger partial charge is 0.308 e. The molecule has 90 valence electrons. The second-order valence-electron chi connectivity index (χ2n) is 4.02. The van der Waals surface area contributed by atoms with Crippen molar-refractivity contribution in [1.82, 2.24) is 0 Å². The van der Waals surface area contributed by atoms with Crippen LogP contribution in [0.1, 0.15) is 12.5 Å². The van der Waals surface area contributed by atoms with Crippen LogP contribution in [0.4, 0.5) is 11.4 Å². The summed E-state index contributed by atoms with van der Waals surface area (Å²) < 4.78 is 0. The second-order valence-corrected chi connectivity index (χ2v) is 4.29. The highest BCUT2D eigenvalue weighted by molar-refractivity contribution is 6.29. The maximum Gasteiger partial charge on any atom is 0.269 e. The highest BCUT2D eigenvalue weighted by Crippen LogP contribution is 2.34. The Morgan fingerprint density at radius 3 is 2.94 bits per heavy atom. The molecular formula is C11H11ClN2O3. The summed E-state index contributed by atoms with van der Waals surface area (Å²) in [5.41, 5.74) is 1.61. The summed E-state index contributed by atoms with van der Waals surface area (Å²) >= 11 is 5.55. The van der Waals surface area contributed by atoms with E-state index in [0.29, 0.717) is 6.42 Å². The number of alkyl halides is 1. The number of rotatable bonds is 2. The number of carbonyl (C=O) groups excluding carboxylic acids is 1. The molecule has 1 heterocycles. The van der Waals surface area contributed by atoms with Gasteiger partial charge in [0.1, 0.15) is 5.88 Å². The Morgan fingerprint density at radius 2 is 2.35 bits per heavy atom. The molecule has 1 aromatic rings. The molecule has 2 rings (SSSR count). The molecule has 0 aliphatic carbocycles. The van der Waals surface area contributed by atoms with Gasteiger partial charge in [0.05, 0.1) is 4.92 Å². The topological polar surface area (TPSA) is 63.5 Å². The lowest BCUT2D eigenvalue weighted by Crippen LogP contribution is -2.36. The monoisotopic (exact) mass is 254 g/mol. The molecule has 5 nitrogen and oxygen atoms in total. The van der Waals surface area contributed by atoms with Gasteiger partial charge in [-0.1, -0.05) is 0 Å². The van der Waals surface area contributed by atoms with Gasteiger partial charge in [0.25, 0.3) is 5.69 Å². The summed E-state index contributed by atoms with van der Waals surface area (Å²) in [7, 11) is 0. The first-order chi connectivity index (χ1) is 8.04. The minimum absolute atomic E-state index is 0.00162. The van der Waals surface area contributed by atoms with Gasteiger partial charge < -0.3 is 4.90 Å². The Kier molecular flexibility index (Phi) is 3.02. The molecule has 0 bridgehead atoms. The number of amides is 1. The van der Waals surface area contributed by atoms with Crippen LogP contribution >= 0.6 is 11.6 Å². The van der Waals surface area contributed by atoms with E-state index in [1.807, 2.05) is 6.92 Å². The van der Waals surface area contributed by atoms with Crippen molar-refractivity contribution in [3.8, 4) is 0 Å². The van der Waals surface area contributed by atoms with Gasteiger partial charge in [-0.05, 0) is 25.0 Å². The summed E-state index contributed by atoms with van der Waals surface area (Å²) in [4.78, 5) is 23.5. The molecule has 17 heavy (non-hydrogen) atoms. The number of hydrogen-bond donors (Lipinski definition) is 0. The molecule has 0 saturated carbocycles. The third kappa shape index (κ3) is 1.98. The van der Waals surface area contributed by atoms with Gasteiger partial charge in [-0.2, -0.15) is 0 Å². The summed E-state index contributed by atoms with van der Waals surface area (Å²) in [6.45, 7) is 1.90. The molecule has 6 heteroatoms. The first-order valence-corrected chi connectivity index (χ1v) is 5.73. The number of nitrogens with zero attached hydrogens (tertiary/aromatic N) is 2. The molecule has 0 fully saturated rings. The van der Waals surface area contributed by atoms with Crippen LogP contribution in [0, 0.1) is 10.1 Å². The van der Waals surface area contributed by atoms with Crippen LogP contribution in [0.5, 0.6) is 0 Å². The fourth-order valence-corrected chi connectivity index (χ4v) is 2.30. The van der Waals surface area contributed by atoms with Crippen molar-refractivity contribution in [3.05, 3.63) is 33.9 Å². The molecule has 0 N–H and O–H groups in total. The van der Waals surface area contributed by atoms with Crippen LogP contribution in [0.2, 0.25) is 0 Å². The predicted octanol–water partition coefficient (Wildman–Crippen LogP) is 2.11. The van der Waals surface area contributed by atoms with E-state index in [-0.39, 0.29) is 23.5 Å². The highest BCUT2D eigenvalue weighted by atomic mass is 35.5. The molecule has 1 aliphatic heterocycles. The van der Waals surface area contributed by atoms with E-state index >= 15 is 0 Å². The van der Waals surface area contributed by atoms with E-state index in [9.17, 15) is 14.9 Å². The van der Waals surface area contributed by atoms with Gasteiger partial charge in [0.2, 0.25) is 5.91 Å². The average Bonchev–Trinajstić information content (AvgIpc) is 2.62. The first-order valence-electron chi connectivity index (χ1n) is 5.20. The van der Waals surface area contributed by atoms with Crippen molar-refractivity contribution in [2.24, 2.45) is 0 Å². The van der Waals surface area contributed by atoms with Crippen molar-refractivity contribution < 1.29 is 9.72 Å². The molecule has 1 amide bonds. The zero-order valence-electron chi connectivity index (χ0n) is 9.22. The van der Waals surface area contributed by atoms with E-state index in [2.05, 4.69) is 0 Å². The lowest BCUT2D eigenvalue weighted by Gasteiger charge is -2.21. The van der Waals surface area contributed by atoms with E-state index in [4.69, 9.17) is 11.6 Å². The molecule has 0 aromatic heterocycles. The SMILES string of the molecule is CC1Cc2cc([N+](=O)[O-])ccc2N1C(=O)CCl. The number of hydrogen-bond acceptors (Lipinski definition) is 3. The molecule has 0 radical (unpaired) electrons. The number of anilines is 1. The summed E-state index contributed by atoms with van der Waals surface area (Å²) in [5.74, 6) is -0.257. The minimum Gasteiger partial charge on any atom is -0.308 e. The Labute approximate surface area is 103 Å². The smallest absolute Gasteiger partial charge is 0.269 e. The van der Waals surface area contributed by atoms with Gasteiger partial charge in [0, 0.05) is 23.9 Å². The maximum atomic E-state index is 11.7. The van der Waals surface area contributed by atoms with E-state index in [1.54, 1.807) is 11.0 Å². The van der Waals surface area contributed by atoms with Gasteiger partial charge in [-0.3, -0.25) is 14.9 Å².